The van der Waals surface area contributed by atoms with E-state index in [0.29, 0.717) is 50.3 Å². The molecule has 3 heterocycles. The van der Waals surface area contributed by atoms with Gasteiger partial charge in [0.15, 0.2) is 0 Å². The van der Waals surface area contributed by atoms with Crippen LogP contribution in [0.5, 0.6) is 11.5 Å². The quantitative estimate of drug-likeness (QED) is 0.532. The van der Waals surface area contributed by atoms with E-state index in [0.717, 1.165) is 16.9 Å². The van der Waals surface area contributed by atoms with Gasteiger partial charge in [0.1, 0.15) is 17.5 Å². The number of carbonyl (C=O) groups excluding carboxylic acids is 3. The number of benzene rings is 2. The second-order valence-electron chi connectivity index (χ2n) is 10.1. The summed E-state index contributed by atoms with van der Waals surface area (Å²) in [5, 5.41) is 15.1. The second-order valence-corrected chi connectivity index (χ2v) is 11.1. The van der Waals surface area contributed by atoms with E-state index in [1.165, 1.54) is 0 Å². The Kier molecular flexibility index (Phi) is 9.50. The van der Waals surface area contributed by atoms with E-state index in [1.807, 2.05) is 35.4 Å². The van der Waals surface area contributed by atoms with Gasteiger partial charge in [0.2, 0.25) is 17.7 Å². The van der Waals surface area contributed by atoms with Gasteiger partial charge < -0.3 is 25.4 Å². The third-order valence-electron chi connectivity index (χ3n) is 7.39. The molecule has 2 aromatic carbocycles. The van der Waals surface area contributed by atoms with E-state index >= 15 is 0 Å². The number of hydrogen-bond donors (Lipinski definition) is 3. The fourth-order valence-electron chi connectivity index (χ4n) is 5.13. The Bertz CT molecular complexity index is 1190. The second kappa shape index (κ2) is 13.0. The number of aliphatic carboxylic acids is 1. The monoisotopic (exact) mass is 553 g/mol. The lowest BCUT2D eigenvalue weighted by Crippen LogP contribution is -2.52. The molecular formula is C29H35N3O6S. The van der Waals surface area contributed by atoms with Crippen molar-refractivity contribution < 1.29 is 29.0 Å². The van der Waals surface area contributed by atoms with E-state index in [2.05, 4.69) is 10.6 Å². The molecule has 1 fully saturated rings. The van der Waals surface area contributed by atoms with Crippen molar-refractivity contribution in [3.8, 4) is 11.5 Å². The van der Waals surface area contributed by atoms with Crippen molar-refractivity contribution in [3.63, 3.8) is 0 Å². The van der Waals surface area contributed by atoms with E-state index in [1.54, 1.807) is 36.0 Å². The summed E-state index contributed by atoms with van der Waals surface area (Å²) in [6.45, 7) is 1.07. The molecule has 208 valence electrons. The van der Waals surface area contributed by atoms with Crippen molar-refractivity contribution >= 4 is 35.5 Å². The van der Waals surface area contributed by atoms with Crippen LogP contribution in [-0.4, -0.2) is 71.4 Å². The number of hydrogen-bond acceptors (Lipinski definition) is 6. The Hall–Kier alpha value is -3.53. The SMILES string of the molecule is CSCCC(=O)N1CCC2(CC1)Cc1cccc(c1)Oc1ccc(cc1)C[C@@H](C(=O)O)NC(=O)CCNC2=O. The zero-order chi connectivity index (χ0) is 27.8. The van der Waals surface area contributed by atoms with Gasteiger partial charge in [-0.3, -0.25) is 14.4 Å². The zero-order valence-electron chi connectivity index (χ0n) is 22.1. The van der Waals surface area contributed by atoms with Crippen LogP contribution in [0, 0.1) is 5.41 Å². The number of rotatable bonds is 4. The Morgan fingerprint density at radius 1 is 1.08 bits per heavy atom. The van der Waals surface area contributed by atoms with Gasteiger partial charge in [-0.25, -0.2) is 4.79 Å². The van der Waals surface area contributed by atoms with Crippen molar-refractivity contribution in [1.82, 2.24) is 15.5 Å². The molecule has 10 heteroatoms. The van der Waals surface area contributed by atoms with Crippen LogP contribution in [-0.2, 0) is 32.0 Å². The molecule has 9 nitrogen and oxygen atoms in total. The Balaban J connectivity index is 1.59. The normalized spacial score (nSPS) is 19.8. The average Bonchev–Trinajstić information content (AvgIpc) is 2.92. The summed E-state index contributed by atoms with van der Waals surface area (Å²) >= 11 is 1.63. The lowest BCUT2D eigenvalue weighted by atomic mass is 9.72. The molecule has 0 unspecified atom stereocenters. The topological polar surface area (TPSA) is 125 Å². The highest BCUT2D eigenvalue weighted by molar-refractivity contribution is 7.98. The van der Waals surface area contributed by atoms with Crippen molar-refractivity contribution in [2.24, 2.45) is 5.41 Å². The van der Waals surface area contributed by atoms with Crippen molar-refractivity contribution in [1.29, 1.82) is 0 Å². The van der Waals surface area contributed by atoms with Crippen LogP contribution in [0.2, 0.25) is 0 Å². The Morgan fingerprint density at radius 3 is 2.51 bits per heavy atom. The van der Waals surface area contributed by atoms with Crippen molar-refractivity contribution in [2.45, 2.75) is 44.6 Å². The first-order chi connectivity index (χ1) is 18.8. The number of amides is 3. The highest BCUT2D eigenvalue weighted by Gasteiger charge is 2.42. The number of carboxylic acids is 1. The maximum absolute atomic E-state index is 13.6. The molecule has 1 spiro atoms. The van der Waals surface area contributed by atoms with Crippen LogP contribution in [0.1, 0.15) is 36.8 Å². The first-order valence-corrected chi connectivity index (χ1v) is 14.6. The predicted octanol–water partition coefficient (Wildman–Crippen LogP) is 3.02. The fourth-order valence-corrected chi connectivity index (χ4v) is 5.51. The molecular weight excluding hydrogens is 518 g/mol. The maximum atomic E-state index is 13.6. The summed E-state index contributed by atoms with van der Waals surface area (Å²) in [6, 6.07) is 13.7. The number of likely N-dealkylation sites (tertiary alicyclic amines) is 1. The highest BCUT2D eigenvalue weighted by atomic mass is 32.2. The molecule has 0 saturated carbocycles. The third-order valence-corrected chi connectivity index (χ3v) is 8.00. The Labute approximate surface area is 232 Å². The minimum Gasteiger partial charge on any atom is -0.480 e. The maximum Gasteiger partial charge on any atom is 0.326 e. The summed E-state index contributed by atoms with van der Waals surface area (Å²) in [7, 11) is 0. The lowest BCUT2D eigenvalue weighted by Gasteiger charge is -2.41. The van der Waals surface area contributed by atoms with Crippen molar-refractivity contribution in [2.75, 3.05) is 31.6 Å². The number of fused-ring (bicyclic) bond motifs is 9. The molecule has 3 N–H and O–H groups in total. The minimum absolute atomic E-state index is 0.0346. The summed E-state index contributed by atoms with van der Waals surface area (Å²) in [5.74, 6) is 0.363. The molecule has 0 aliphatic carbocycles. The minimum atomic E-state index is -1.13. The molecule has 3 aliphatic heterocycles. The Morgan fingerprint density at radius 2 is 1.82 bits per heavy atom. The van der Waals surface area contributed by atoms with Gasteiger partial charge in [0.05, 0.1) is 5.41 Å². The van der Waals surface area contributed by atoms with E-state index in [-0.39, 0.29) is 31.2 Å². The first kappa shape index (κ1) is 28.5. The van der Waals surface area contributed by atoms with Crippen LogP contribution < -0.4 is 15.4 Å². The van der Waals surface area contributed by atoms with Crippen molar-refractivity contribution in [3.05, 3.63) is 59.7 Å². The third kappa shape index (κ3) is 7.53. The van der Waals surface area contributed by atoms with E-state index in [9.17, 15) is 24.3 Å². The summed E-state index contributed by atoms with van der Waals surface area (Å²) in [4.78, 5) is 52.4. The van der Waals surface area contributed by atoms with Gasteiger partial charge in [0, 0.05) is 44.6 Å². The smallest absolute Gasteiger partial charge is 0.326 e. The average molecular weight is 554 g/mol. The fraction of sp³-hybridized carbons (Fsp3) is 0.448. The van der Waals surface area contributed by atoms with Crippen LogP contribution in [0.15, 0.2) is 48.5 Å². The lowest BCUT2D eigenvalue weighted by molar-refractivity contribution is -0.142. The first-order valence-electron chi connectivity index (χ1n) is 13.2. The number of nitrogens with one attached hydrogen (secondary N) is 2. The van der Waals surface area contributed by atoms with Gasteiger partial charge in [-0.2, -0.15) is 11.8 Å². The molecule has 0 radical (unpaired) electrons. The molecule has 3 aliphatic rings. The number of carbonyl (C=O) groups is 4. The van der Waals surface area contributed by atoms with Crippen LogP contribution in [0.3, 0.4) is 0 Å². The van der Waals surface area contributed by atoms with Gasteiger partial charge >= 0.3 is 5.97 Å². The molecule has 1 atom stereocenters. The number of ether oxygens (including phenoxy) is 1. The van der Waals surface area contributed by atoms with Crippen LogP contribution in [0.25, 0.3) is 0 Å². The molecule has 1 saturated heterocycles. The highest BCUT2D eigenvalue weighted by Crippen LogP contribution is 2.37. The van der Waals surface area contributed by atoms with Crippen LogP contribution >= 0.6 is 11.8 Å². The largest absolute Gasteiger partial charge is 0.480 e. The van der Waals surface area contributed by atoms with E-state index in [4.69, 9.17) is 4.74 Å². The van der Waals surface area contributed by atoms with Gasteiger partial charge in [-0.05, 0) is 60.9 Å². The number of nitrogens with zero attached hydrogens (tertiary/aromatic N) is 1. The number of piperidine rings is 1. The number of thioether (sulfide) groups is 1. The molecule has 2 aromatic rings. The van der Waals surface area contributed by atoms with Gasteiger partial charge in [-0.15, -0.1) is 0 Å². The number of carboxylic acid groups (broad SMARTS) is 1. The van der Waals surface area contributed by atoms with Crippen LogP contribution in [0.4, 0.5) is 0 Å². The molecule has 4 bridgehead atoms. The van der Waals surface area contributed by atoms with E-state index < -0.39 is 23.3 Å². The molecule has 5 rings (SSSR count). The predicted molar refractivity (Wildman–Crippen MR) is 149 cm³/mol. The summed E-state index contributed by atoms with van der Waals surface area (Å²) in [5.41, 5.74) is 0.949. The summed E-state index contributed by atoms with van der Waals surface area (Å²) < 4.78 is 6.06. The molecule has 39 heavy (non-hydrogen) atoms. The standard InChI is InChI=1S/C29H35N3O6S/c1-39-16-10-26(34)32-14-11-29(12-15-32)19-21-3-2-4-23(17-21)38-22-7-5-20(6-8-22)18-24(27(35)36)31-25(33)9-13-30-28(29)37/h2-8,17,24H,9-16,18-19H2,1H3,(H,30,37)(H,31,33)(H,35,36)/t24-/m0/s1. The summed E-state index contributed by atoms with van der Waals surface area (Å²) in [6.07, 6.45) is 4.01. The van der Waals surface area contributed by atoms with Gasteiger partial charge in [0.25, 0.3) is 0 Å². The molecule has 3 amide bonds. The van der Waals surface area contributed by atoms with Gasteiger partial charge in [-0.1, -0.05) is 24.3 Å². The molecule has 0 aromatic heterocycles. The zero-order valence-corrected chi connectivity index (χ0v) is 22.9.